The first-order valence-corrected chi connectivity index (χ1v) is 12.3. The molecule has 8 heteroatoms. The molecule has 0 saturated carbocycles. The molecule has 5 rings (SSSR count). The van der Waals surface area contributed by atoms with Crippen LogP contribution in [-0.2, 0) is 20.7 Å². The van der Waals surface area contributed by atoms with Crippen LogP contribution in [0.15, 0.2) is 72.3 Å². The number of esters is 1. The molecule has 1 N–H and O–H groups in total. The number of ketones is 1. The van der Waals surface area contributed by atoms with Crippen molar-refractivity contribution in [1.82, 2.24) is 0 Å². The fourth-order valence-corrected chi connectivity index (χ4v) is 4.92. The number of Topliss-reactive ketones (excluding diaryl/α,β-unsaturated/α-hetero) is 1. The first-order chi connectivity index (χ1) is 18.3. The van der Waals surface area contributed by atoms with Crippen LogP contribution in [0.1, 0.15) is 46.9 Å². The predicted molar refractivity (Wildman–Crippen MR) is 140 cm³/mol. The molecule has 0 bridgehead atoms. The lowest BCUT2D eigenvalue weighted by atomic mass is 9.94. The first kappa shape index (κ1) is 25.1. The summed E-state index contributed by atoms with van der Waals surface area (Å²) in [7, 11) is 1.54. The average molecular weight is 514 g/mol. The minimum absolute atomic E-state index is 0.0129. The van der Waals surface area contributed by atoms with Gasteiger partial charge in [0.15, 0.2) is 0 Å². The molecule has 1 amide bonds. The minimum atomic E-state index is -0.943. The van der Waals surface area contributed by atoms with Gasteiger partial charge in [-0.3, -0.25) is 14.5 Å². The Morgan fingerprint density at radius 1 is 1.05 bits per heavy atom. The highest BCUT2D eigenvalue weighted by Crippen LogP contribution is 2.43. The maximum absolute atomic E-state index is 13.5. The van der Waals surface area contributed by atoms with Gasteiger partial charge in [-0.05, 0) is 73.5 Å². The summed E-state index contributed by atoms with van der Waals surface area (Å²) < 4.78 is 16.1. The van der Waals surface area contributed by atoms with Crippen LogP contribution in [0.5, 0.6) is 11.5 Å². The highest BCUT2D eigenvalue weighted by Gasteiger charge is 2.47. The van der Waals surface area contributed by atoms with E-state index in [1.807, 2.05) is 6.92 Å². The van der Waals surface area contributed by atoms with Crippen LogP contribution >= 0.6 is 0 Å². The highest BCUT2D eigenvalue weighted by molar-refractivity contribution is 6.51. The average Bonchev–Trinajstić information content (AvgIpc) is 3.43. The highest BCUT2D eigenvalue weighted by atomic mass is 16.5. The Morgan fingerprint density at radius 3 is 2.53 bits per heavy atom. The van der Waals surface area contributed by atoms with E-state index in [0.717, 1.165) is 11.3 Å². The third kappa shape index (κ3) is 4.38. The van der Waals surface area contributed by atoms with Gasteiger partial charge in [0.05, 0.1) is 30.9 Å². The number of amides is 1. The van der Waals surface area contributed by atoms with E-state index in [9.17, 15) is 19.5 Å². The van der Waals surface area contributed by atoms with Crippen molar-refractivity contribution in [2.45, 2.75) is 32.4 Å². The number of fused-ring (bicyclic) bond motifs is 1. The van der Waals surface area contributed by atoms with Crippen LogP contribution in [-0.4, -0.2) is 42.6 Å². The number of hydrogen-bond donors (Lipinski definition) is 1. The van der Waals surface area contributed by atoms with Crippen molar-refractivity contribution in [1.29, 1.82) is 0 Å². The van der Waals surface area contributed by atoms with Gasteiger partial charge in [-0.25, -0.2) is 4.79 Å². The molecule has 0 radical (unpaired) electrons. The third-order valence-electron chi connectivity index (χ3n) is 6.68. The Bertz CT molecular complexity index is 1460. The summed E-state index contributed by atoms with van der Waals surface area (Å²) in [5.41, 5.74) is 2.44. The summed E-state index contributed by atoms with van der Waals surface area (Å²) in [6.45, 7) is 3.86. The van der Waals surface area contributed by atoms with E-state index >= 15 is 0 Å². The van der Waals surface area contributed by atoms with Gasteiger partial charge in [-0.1, -0.05) is 18.2 Å². The van der Waals surface area contributed by atoms with Crippen LogP contribution in [0.25, 0.3) is 5.76 Å². The van der Waals surface area contributed by atoms with E-state index in [2.05, 4.69) is 0 Å². The first-order valence-electron chi connectivity index (χ1n) is 12.3. The van der Waals surface area contributed by atoms with Crippen molar-refractivity contribution in [2.75, 3.05) is 18.6 Å². The van der Waals surface area contributed by atoms with Crippen LogP contribution in [0.4, 0.5) is 5.69 Å². The predicted octanol–water partition coefficient (Wildman–Crippen LogP) is 4.82. The molecule has 1 fully saturated rings. The second-order valence-electron chi connectivity index (χ2n) is 9.17. The molecular weight excluding hydrogens is 486 g/mol. The number of anilines is 1. The molecule has 3 aromatic rings. The second kappa shape index (κ2) is 10.0. The summed E-state index contributed by atoms with van der Waals surface area (Å²) >= 11 is 0. The Kier molecular flexibility index (Phi) is 6.63. The molecule has 194 valence electrons. The zero-order valence-corrected chi connectivity index (χ0v) is 21.3. The largest absolute Gasteiger partial charge is 0.507 e. The zero-order valence-electron chi connectivity index (χ0n) is 21.3. The Morgan fingerprint density at radius 2 is 1.82 bits per heavy atom. The van der Waals surface area contributed by atoms with Crippen molar-refractivity contribution < 1.29 is 33.7 Å². The summed E-state index contributed by atoms with van der Waals surface area (Å²) in [6, 6.07) is 17.5. The summed E-state index contributed by atoms with van der Waals surface area (Å²) in [5.74, 6) is -1.13. The molecule has 2 aliphatic heterocycles. The van der Waals surface area contributed by atoms with Crippen molar-refractivity contribution in [3.8, 4) is 11.5 Å². The van der Waals surface area contributed by atoms with Gasteiger partial charge >= 0.3 is 5.97 Å². The molecule has 0 aliphatic carbocycles. The quantitative estimate of drug-likeness (QED) is 0.218. The summed E-state index contributed by atoms with van der Waals surface area (Å²) in [5, 5.41) is 11.5. The van der Waals surface area contributed by atoms with Gasteiger partial charge in [-0.2, -0.15) is 0 Å². The molecule has 0 aromatic heterocycles. The summed E-state index contributed by atoms with van der Waals surface area (Å²) in [6.07, 6.45) is 0.687. The molecule has 2 unspecified atom stereocenters. The SMILES string of the molecule is CCOC(=O)c1cccc(N2C(=O)C(=O)/C(=C(\O)c3ccc4c(c3)CC(C)O4)C2c2ccc(OC)cc2)c1. The lowest BCUT2D eigenvalue weighted by molar-refractivity contribution is -0.132. The Labute approximate surface area is 220 Å². The lowest BCUT2D eigenvalue weighted by Gasteiger charge is -2.26. The number of carbonyl (C=O) groups excluding carboxylic acids is 3. The Hall–Kier alpha value is -4.59. The number of carbonyl (C=O) groups is 3. The Balaban J connectivity index is 1.66. The second-order valence-corrected chi connectivity index (χ2v) is 9.17. The standard InChI is InChI=1S/C30H27NO7/c1-4-37-30(35)20-6-5-7-22(16-20)31-26(18-8-11-23(36-3)12-9-18)25(28(33)29(31)34)27(32)19-10-13-24-21(15-19)14-17(2)38-24/h5-13,15-17,26,32H,4,14H2,1-3H3/b27-25-. The number of methoxy groups -OCH3 is 1. The zero-order chi connectivity index (χ0) is 27.0. The maximum Gasteiger partial charge on any atom is 0.338 e. The van der Waals surface area contributed by atoms with E-state index in [1.165, 1.54) is 11.0 Å². The monoisotopic (exact) mass is 513 g/mol. The van der Waals surface area contributed by atoms with E-state index in [0.29, 0.717) is 29.0 Å². The molecule has 38 heavy (non-hydrogen) atoms. The smallest absolute Gasteiger partial charge is 0.338 e. The molecule has 8 nitrogen and oxygen atoms in total. The number of aliphatic hydroxyl groups is 1. The maximum atomic E-state index is 13.5. The topological polar surface area (TPSA) is 102 Å². The molecule has 1 saturated heterocycles. The minimum Gasteiger partial charge on any atom is -0.507 e. The molecule has 2 heterocycles. The molecule has 2 aliphatic rings. The van der Waals surface area contributed by atoms with E-state index in [-0.39, 0.29) is 29.6 Å². The van der Waals surface area contributed by atoms with Crippen molar-refractivity contribution >= 4 is 29.1 Å². The van der Waals surface area contributed by atoms with E-state index in [4.69, 9.17) is 14.2 Å². The number of nitrogens with zero attached hydrogens (tertiary/aromatic N) is 1. The fraction of sp³-hybridized carbons (Fsp3) is 0.233. The molecule has 3 aromatic carbocycles. The van der Waals surface area contributed by atoms with Crippen LogP contribution in [0.3, 0.4) is 0 Å². The van der Waals surface area contributed by atoms with Crippen LogP contribution < -0.4 is 14.4 Å². The van der Waals surface area contributed by atoms with E-state index in [1.54, 1.807) is 74.7 Å². The number of rotatable bonds is 6. The molecule has 0 spiro atoms. The third-order valence-corrected chi connectivity index (χ3v) is 6.68. The number of hydrogen-bond acceptors (Lipinski definition) is 7. The van der Waals surface area contributed by atoms with Gasteiger partial charge < -0.3 is 19.3 Å². The van der Waals surface area contributed by atoms with Gasteiger partial charge in [-0.15, -0.1) is 0 Å². The molecule has 2 atom stereocenters. The van der Waals surface area contributed by atoms with Gasteiger partial charge in [0.2, 0.25) is 0 Å². The fourth-order valence-electron chi connectivity index (χ4n) is 4.92. The van der Waals surface area contributed by atoms with Gasteiger partial charge in [0.1, 0.15) is 23.4 Å². The number of ether oxygens (including phenoxy) is 3. The van der Waals surface area contributed by atoms with Crippen molar-refractivity contribution in [2.24, 2.45) is 0 Å². The lowest BCUT2D eigenvalue weighted by Crippen LogP contribution is -2.29. The summed E-state index contributed by atoms with van der Waals surface area (Å²) in [4.78, 5) is 40.6. The van der Waals surface area contributed by atoms with Crippen molar-refractivity contribution in [3.63, 3.8) is 0 Å². The van der Waals surface area contributed by atoms with E-state index < -0.39 is 23.7 Å². The normalized spacial score (nSPS) is 19.7. The molecular formula is C30H27NO7. The van der Waals surface area contributed by atoms with Gasteiger partial charge in [0.25, 0.3) is 11.7 Å². The van der Waals surface area contributed by atoms with Crippen LogP contribution in [0, 0.1) is 0 Å². The van der Waals surface area contributed by atoms with Gasteiger partial charge in [0, 0.05) is 17.7 Å². The number of aliphatic hydroxyl groups excluding tert-OH is 1. The van der Waals surface area contributed by atoms with Crippen molar-refractivity contribution in [3.05, 3.63) is 94.6 Å². The van der Waals surface area contributed by atoms with Crippen LogP contribution in [0.2, 0.25) is 0 Å². The number of benzene rings is 3.